The molecule has 0 unspecified atom stereocenters. The Hall–Kier alpha value is -0.610. The van der Waals surface area contributed by atoms with Crippen molar-refractivity contribution in [3.63, 3.8) is 0 Å². The van der Waals surface area contributed by atoms with Gasteiger partial charge in [-0.15, -0.1) is 0 Å². The number of nitrogens with zero attached hydrogens (tertiary/aromatic N) is 2. The van der Waals surface area contributed by atoms with Crippen molar-refractivity contribution in [3.05, 3.63) is 0 Å². The van der Waals surface area contributed by atoms with Crippen LogP contribution in [0.2, 0.25) is 0 Å². The Balaban J connectivity index is 1.77. The van der Waals surface area contributed by atoms with E-state index in [1.807, 2.05) is 6.92 Å². The fourth-order valence-electron chi connectivity index (χ4n) is 4.38. The molecule has 2 atom stereocenters. The van der Waals surface area contributed by atoms with Crippen LogP contribution < -0.4 is 0 Å². The second-order valence-electron chi connectivity index (χ2n) is 7.90. The van der Waals surface area contributed by atoms with Crippen LogP contribution in [0.25, 0.3) is 0 Å². The Labute approximate surface area is 135 Å². The maximum atomic E-state index is 12.8. The van der Waals surface area contributed by atoms with E-state index in [-0.39, 0.29) is 11.4 Å². The lowest BCUT2D eigenvalue weighted by Crippen LogP contribution is -2.43. The molecule has 1 aliphatic carbocycles. The van der Waals surface area contributed by atoms with Crippen LogP contribution in [0.15, 0.2) is 0 Å². The molecular weight excluding hydrogens is 276 g/mol. The van der Waals surface area contributed by atoms with Crippen LogP contribution >= 0.6 is 0 Å². The minimum absolute atomic E-state index is 0.0661. The average Bonchev–Trinajstić information content (AvgIpc) is 3.23. The van der Waals surface area contributed by atoms with Gasteiger partial charge in [-0.05, 0) is 58.9 Å². The lowest BCUT2D eigenvalue weighted by Gasteiger charge is -2.31. The Morgan fingerprint density at radius 3 is 2.73 bits per heavy atom. The van der Waals surface area contributed by atoms with Gasteiger partial charge in [0.2, 0.25) is 0 Å². The number of hydrogen-bond donors (Lipinski definition) is 0. The number of fused-ring (bicyclic) bond motifs is 1. The van der Waals surface area contributed by atoms with Crippen LogP contribution in [0, 0.1) is 17.3 Å². The molecule has 0 radical (unpaired) electrons. The summed E-state index contributed by atoms with van der Waals surface area (Å²) in [4.78, 5) is 17.9. The molecule has 4 heteroatoms. The molecule has 0 spiro atoms. The Morgan fingerprint density at radius 2 is 2.09 bits per heavy atom. The molecule has 0 aromatic rings. The molecule has 2 aliphatic heterocycles. The van der Waals surface area contributed by atoms with Gasteiger partial charge in [0.05, 0.1) is 12.0 Å². The number of esters is 1. The number of rotatable bonds is 5. The van der Waals surface area contributed by atoms with Crippen molar-refractivity contribution in [2.24, 2.45) is 17.3 Å². The van der Waals surface area contributed by atoms with E-state index in [4.69, 9.17) is 4.74 Å². The van der Waals surface area contributed by atoms with E-state index in [0.717, 1.165) is 44.9 Å². The second kappa shape index (κ2) is 6.48. The van der Waals surface area contributed by atoms with Crippen molar-refractivity contribution < 1.29 is 9.53 Å². The maximum Gasteiger partial charge on any atom is 0.313 e. The van der Waals surface area contributed by atoms with Crippen LogP contribution in [-0.4, -0.2) is 61.1 Å². The van der Waals surface area contributed by atoms with Gasteiger partial charge in [0.25, 0.3) is 0 Å². The maximum absolute atomic E-state index is 12.8. The minimum atomic E-state index is -0.251. The van der Waals surface area contributed by atoms with Gasteiger partial charge in [-0.1, -0.05) is 0 Å². The molecule has 2 heterocycles. The highest BCUT2D eigenvalue weighted by Gasteiger charge is 2.54. The summed E-state index contributed by atoms with van der Waals surface area (Å²) in [6.45, 7) is 12.3. The molecule has 0 aromatic heterocycles. The first-order chi connectivity index (χ1) is 10.5. The lowest BCUT2D eigenvalue weighted by molar-refractivity contribution is -0.157. The van der Waals surface area contributed by atoms with E-state index in [9.17, 15) is 4.79 Å². The Kier molecular flexibility index (Phi) is 4.79. The Bertz CT molecular complexity index is 408. The van der Waals surface area contributed by atoms with Crippen LogP contribution in [0.5, 0.6) is 0 Å². The predicted molar refractivity (Wildman–Crippen MR) is 87.7 cm³/mol. The van der Waals surface area contributed by atoms with Crippen molar-refractivity contribution in [2.75, 3.05) is 39.3 Å². The third-order valence-electron chi connectivity index (χ3n) is 5.92. The summed E-state index contributed by atoms with van der Waals surface area (Å²) in [6.07, 6.45) is 4.94. The standard InChI is InChI=1S/C18H32N2O2/c1-4-22-17(21)18-8-5-9-19(10-15-6-7-15)11-16(18)12-20(13-18)14(2)3/h14-16H,4-13H2,1-3H3/t16-,18-/m0/s1. The summed E-state index contributed by atoms with van der Waals surface area (Å²) in [7, 11) is 0. The molecule has 3 rings (SSSR count). The fourth-order valence-corrected chi connectivity index (χ4v) is 4.38. The zero-order valence-corrected chi connectivity index (χ0v) is 14.5. The van der Waals surface area contributed by atoms with E-state index in [1.54, 1.807) is 0 Å². The summed E-state index contributed by atoms with van der Waals surface area (Å²) in [5.41, 5.74) is -0.251. The van der Waals surface area contributed by atoms with Gasteiger partial charge in [-0.25, -0.2) is 0 Å². The van der Waals surface area contributed by atoms with E-state index < -0.39 is 0 Å². The molecule has 1 saturated carbocycles. The van der Waals surface area contributed by atoms with Gasteiger partial charge in [-0.2, -0.15) is 0 Å². The summed E-state index contributed by atoms with van der Waals surface area (Å²) in [5.74, 6) is 1.43. The molecule has 4 nitrogen and oxygen atoms in total. The van der Waals surface area contributed by atoms with Gasteiger partial charge in [-0.3, -0.25) is 9.69 Å². The van der Waals surface area contributed by atoms with Crippen molar-refractivity contribution in [1.82, 2.24) is 9.80 Å². The number of carbonyl (C=O) groups excluding carboxylic acids is 1. The Morgan fingerprint density at radius 1 is 1.32 bits per heavy atom. The number of likely N-dealkylation sites (tertiary alicyclic amines) is 2. The van der Waals surface area contributed by atoms with Gasteiger partial charge < -0.3 is 9.64 Å². The van der Waals surface area contributed by atoms with E-state index in [1.165, 1.54) is 19.4 Å². The average molecular weight is 308 g/mol. The molecule has 0 amide bonds. The molecule has 0 N–H and O–H groups in total. The minimum Gasteiger partial charge on any atom is -0.466 e. The number of hydrogen-bond acceptors (Lipinski definition) is 4. The number of carbonyl (C=O) groups is 1. The summed E-state index contributed by atoms with van der Waals surface area (Å²) in [5, 5.41) is 0. The number of ether oxygens (including phenoxy) is 1. The summed E-state index contributed by atoms with van der Waals surface area (Å²) in [6, 6.07) is 0.509. The monoisotopic (exact) mass is 308 g/mol. The van der Waals surface area contributed by atoms with E-state index >= 15 is 0 Å². The smallest absolute Gasteiger partial charge is 0.313 e. The molecular formula is C18H32N2O2. The molecule has 126 valence electrons. The van der Waals surface area contributed by atoms with Gasteiger partial charge in [0, 0.05) is 38.1 Å². The van der Waals surface area contributed by atoms with E-state index in [0.29, 0.717) is 18.6 Å². The molecule has 3 aliphatic rings. The van der Waals surface area contributed by atoms with Crippen LogP contribution in [-0.2, 0) is 9.53 Å². The van der Waals surface area contributed by atoms with Gasteiger partial charge >= 0.3 is 5.97 Å². The van der Waals surface area contributed by atoms with Gasteiger partial charge in [0.15, 0.2) is 0 Å². The third-order valence-corrected chi connectivity index (χ3v) is 5.92. The van der Waals surface area contributed by atoms with Crippen molar-refractivity contribution >= 4 is 5.97 Å². The largest absolute Gasteiger partial charge is 0.466 e. The van der Waals surface area contributed by atoms with E-state index in [2.05, 4.69) is 23.6 Å². The molecule has 0 bridgehead atoms. The first-order valence-electron chi connectivity index (χ1n) is 9.19. The third kappa shape index (κ3) is 3.18. The second-order valence-corrected chi connectivity index (χ2v) is 7.90. The molecule has 0 aromatic carbocycles. The lowest BCUT2D eigenvalue weighted by atomic mass is 9.75. The first kappa shape index (κ1) is 16.3. The SMILES string of the molecule is CCOC(=O)[C@]12CCCN(CC3CC3)C[C@H]1CN(C(C)C)C2. The first-order valence-corrected chi connectivity index (χ1v) is 9.19. The predicted octanol–water partition coefficient (Wildman–Crippen LogP) is 2.38. The highest BCUT2D eigenvalue weighted by Crippen LogP contribution is 2.45. The topological polar surface area (TPSA) is 32.8 Å². The zero-order chi connectivity index (χ0) is 15.7. The van der Waals surface area contributed by atoms with Gasteiger partial charge in [0.1, 0.15) is 0 Å². The summed E-state index contributed by atoms with van der Waals surface area (Å²) < 4.78 is 5.51. The normalized spacial score (nSPS) is 33.7. The fraction of sp³-hybridized carbons (Fsp3) is 0.944. The van der Waals surface area contributed by atoms with Crippen LogP contribution in [0.4, 0.5) is 0 Å². The molecule has 3 fully saturated rings. The zero-order valence-electron chi connectivity index (χ0n) is 14.5. The van der Waals surface area contributed by atoms with Crippen molar-refractivity contribution in [2.45, 2.75) is 52.5 Å². The molecule has 2 saturated heterocycles. The highest BCUT2D eigenvalue weighted by atomic mass is 16.5. The van der Waals surface area contributed by atoms with Crippen LogP contribution in [0.1, 0.15) is 46.5 Å². The quantitative estimate of drug-likeness (QED) is 0.730. The summed E-state index contributed by atoms with van der Waals surface area (Å²) >= 11 is 0. The molecule has 22 heavy (non-hydrogen) atoms. The van der Waals surface area contributed by atoms with Crippen molar-refractivity contribution in [1.29, 1.82) is 0 Å². The van der Waals surface area contributed by atoms with Crippen molar-refractivity contribution in [3.8, 4) is 0 Å². The highest BCUT2D eigenvalue weighted by molar-refractivity contribution is 5.78. The van der Waals surface area contributed by atoms with Crippen LogP contribution in [0.3, 0.4) is 0 Å².